The standard InChI is InChI=1S/C18H24N2O3/c1-12(16(21)22)18(19)11-17-8-4-2-6-13(17)10-20-9-5-3-7-14(20)15(17)23-18/h5,9-10,12H,2-4,6-8,11,19H2,1H3,(H,21,22). The molecular formula is C18H24N2O3. The van der Waals surface area contributed by atoms with E-state index in [1.54, 1.807) is 6.92 Å². The maximum atomic E-state index is 11.5. The number of fused-ring (bicyclic) bond motifs is 1. The first-order valence-electron chi connectivity index (χ1n) is 8.57. The molecule has 4 aliphatic rings. The van der Waals surface area contributed by atoms with Gasteiger partial charge in [-0.1, -0.05) is 12.5 Å². The first kappa shape index (κ1) is 14.8. The lowest BCUT2D eigenvalue weighted by atomic mass is 9.64. The molecule has 23 heavy (non-hydrogen) atoms. The molecule has 3 atom stereocenters. The molecule has 3 unspecified atom stereocenters. The Kier molecular flexibility index (Phi) is 3.14. The highest BCUT2D eigenvalue weighted by molar-refractivity contribution is 5.71. The molecule has 1 spiro atoms. The van der Waals surface area contributed by atoms with Crippen molar-refractivity contribution >= 4 is 5.97 Å². The Labute approximate surface area is 136 Å². The lowest BCUT2D eigenvalue weighted by Gasteiger charge is -2.42. The summed E-state index contributed by atoms with van der Waals surface area (Å²) in [5.74, 6) is -0.670. The molecule has 0 aromatic carbocycles. The predicted molar refractivity (Wildman–Crippen MR) is 85.6 cm³/mol. The number of ether oxygens (including phenoxy) is 1. The van der Waals surface area contributed by atoms with Crippen LogP contribution in [0.25, 0.3) is 0 Å². The maximum Gasteiger partial charge on any atom is 0.311 e. The second kappa shape index (κ2) is 4.87. The van der Waals surface area contributed by atoms with Crippen molar-refractivity contribution in [1.82, 2.24) is 4.90 Å². The first-order chi connectivity index (χ1) is 11.0. The zero-order chi connectivity index (χ0) is 16.2. The van der Waals surface area contributed by atoms with Crippen LogP contribution in [0.4, 0.5) is 0 Å². The van der Waals surface area contributed by atoms with Crippen molar-refractivity contribution in [3.63, 3.8) is 0 Å². The van der Waals surface area contributed by atoms with E-state index in [0.717, 1.165) is 37.9 Å². The Bertz CT molecular complexity index is 651. The third-order valence-corrected chi connectivity index (χ3v) is 6.01. The molecule has 3 N–H and O–H groups in total. The molecule has 2 fully saturated rings. The summed E-state index contributed by atoms with van der Waals surface area (Å²) in [6, 6.07) is 0. The molecule has 3 heterocycles. The number of carboxylic acids is 1. The average molecular weight is 316 g/mol. The van der Waals surface area contributed by atoms with Crippen LogP contribution in [0.3, 0.4) is 0 Å². The normalized spacial score (nSPS) is 36.6. The van der Waals surface area contributed by atoms with E-state index in [1.807, 2.05) is 0 Å². The molecule has 5 nitrogen and oxygen atoms in total. The number of hydrogen-bond donors (Lipinski definition) is 2. The zero-order valence-electron chi connectivity index (χ0n) is 13.5. The van der Waals surface area contributed by atoms with Gasteiger partial charge in [0.05, 0.1) is 11.1 Å². The lowest BCUT2D eigenvalue weighted by Crippen LogP contribution is -2.49. The topological polar surface area (TPSA) is 75.8 Å². The lowest BCUT2D eigenvalue weighted by molar-refractivity contribution is -0.150. The van der Waals surface area contributed by atoms with Gasteiger partial charge in [-0.05, 0) is 44.6 Å². The minimum Gasteiger partial charge on any atom is -0.481 e. The highest BCUT2D eigenvalue weighted by atomic mass is 16.5. The molecule has 0 aromatic heterocycles. The Morgan fingerprint density at radius 2 is 2.26 bits per heavy atom. The minimum absolute atomic E-state index is 0.173. The smallest absolute Gasteiger partial charge is 0.311 e. The van der Waals surface area contributed by atoms with Crippen LogP contribution in [0.2, 0.25) is 0 Å². The Hall–Kier alpha value is -1.75. The van der Waals surface area contributed by atoms with Crippen LogP contribution in [0.15, 0.2) is 35.5 Å². The summed E-state index contributed by atoms with van der Waals surface area (Å²) < 4.78 is 6.27. The van der Waals surface area contributed by atoms with Crippen molar-refractivity contribution in [1.29, 1.82) is 0 Å². The van der Waals surface area contributed by atoms with Crippen molar-refractivity contribution in [2.24, 2.45) is 17.1 Å². The summed E-state index contributed by atoms with van der Waals surface area (Å²) >= 11 is 0. The van der Waals surface area contributed by atoms with Gasteiger partial charge in [0.25, 0.3) is 0 Å². The Morgan fingerprint density at radius 3 is 3.04 bits per heavy atom. The van der Waals surface area contributed by atoms with Gasteiger partial charge in [0, 0.05) is 18.8 Å². The Balaban J connectivity index is 1.83. The summed E-state index contributed by atoms with van der Waals surface area (Å²) in [5.41, 5.74) is 7.72. The van der Waals surface area contributed by atoms with Crippen LogP contribution in [0.1, 0.15) is 51.9 Å². The predicted octanol–water partition coefficient (Wildman–Crippen LogP) is 3.06. The highest BCUT2D eigenvalue weighted by Gasteiger charge is 2.60. The maximum absolute atomic E-state index is 11.5. The number of carbonyl (C=O) groups is 1. The van der Waals surface area contributed by atoms with Gasteiger partial charge < -0.3 is 14.7 Å². The van der Waals surface area contributed by atoms with Gasteiger partial charge in [0.1, 0.15) is 11.7 Å². The molecule has 3 aliphatic heterocycles. The van der Waals surface area contributed by atoms with Crippen molar-refractivity contribution < 1.29 is 14.6 Å². The minimum atomic E-state index is -1.12. The largest absolute Gasteiger partial charge is 0.481 e. The van der Waals surface area contributed by atoms with E-state index in [4.69, 9.17) is 10.5 Å². The van der Waals surface area contributed by atoms with Gasteiger partial charge >= 0.3 is 5.97 Å². The van der Waals surface area contributed by atoms with E-state index in [9.17, 15) is 9.90 Å². The zero-order valence-corrected chi connectivity index (χ0v) is 13.5. The number of aliphatic carboxylic acids is 1. The second-order valence-electron chi connectivity index (χ2n) is 7.34. The molecule has 0 aromatic rings. The fourth-order valence-electron chi connectivity index (χ4n) is 4.60. The summed E-state index contributed by atoms with van der Waals surface area (Å²) in [7, 11) is 0. The summed E-state index contributed by atoms with van der Waals surface area (Å²) in [5, 5.41) is 9.46. The van der Waals surface area contributed by atoms with Gasteiger partial charge in [-0.2, -0.15) is 0 Å². The molecule has 1 aliphatic carbocycles. The monoisotopic (exact) mass is 316 g/mol. The van der Waals surface area contributed by atoms with E-state index >= 15 is 0 Å². The van der Waals surface area contributed by atoms with Crippen LogP contribution in [-0.4, -0.2) is 21.7 Å². The molecule has 0 amide bonds. The molecule has 1 saturated carbocycles. The van der Waals surface area contributed by atoms with E-state index in [1.165, 1.54) is 17.7 Å². The molecule has 1 saturated heterocycles. The quantitative estimate of drug-likeness (QED) is 0.819. The molecule has 4 rings (SSSR count). The summed E-state index contributed by atoms with van der Waals surface area (Å²) in [6.07, 6.45) is 13.4. The fourth-order valence-corrected chi connectivity index (χ4v) is 4.60. The first-order valence-corrected chi connectivity index (χ1v) is 8.57. The van der Waals surface area contributed by atoms with E-state index in [2.05, 4.69) is 23.4 Å². The molecule has 0 radical (unpaired) electrons. The number of nitrogens with two attached hydrogens (primary N) is 1. The second-order valence-corrected chi connectivity index (χ2v) is 7.34. The molecule has 124 valence electrons. The van der Waals surface area contributed by atoms with Gasteiger partial charge in [-0.25, -0.2) is 0 Å². The molecule has 0 bridgehead atoms. The number of rotatable bonds is 2. The van der Waals surface area contributed by atoms with Crippen molar-refractivity contribution in [3.8, 4) is 0 Å². The van der Waals surface area contributed by atoms with E-state index < -0.39 is 17.6 Å². The van der Waals surface area contributed by atoms with Gasteiger partial charge in [0.2, 0.25) is 0 Å². The van der Waals surface area contributed by atoms with Crippen molar-refractivity contribution in [2.45, 2.75) is 57.6 Å². The number of allylic oxidation sites excluding steroid dienone is 3. The fraction of sp³-hybridized carbons (Fsp3) is 0.611. The van der Waals surface area contributed by atoms with Crippen molar-refractivity contribution in [2.75, 3.05) is 0 Å². The van der Waals surface area contributed by atoms with E-state index in [-0.39, 0.29) is 5.41 Å². The molecular weight excluding hydrogens is 292 g/mol. The summed E-state index contributed by atoms with van der Waals surface area (Å²) in [6.45, 7) is 1.66. The van der Waals surface area contributed by atoms with Crippen LogP contribution in [0, 0.1) is 11.3 Å². The third-order valence-electron chi connectivity index (χ3n) is 6.01. The van der Waals surface area contributed by atoms with E-state index in [0.29, 0.717) is 6.42 Å². The Morgan fingerprint density at radius 1 is 1.43 bits per heavy atom. The SMILES string of the molecule is CC(C(=O)O)C1(N)CC23CCCCC2=CN2C=CCCC2=C3O1. The van der Waals surface area contributed by atoms with Crippen LogP contribution in [-0.2, 0) is 9.53 Å². The summed E-state index contributed by atoms with van der Waals surface area (Å²) in [4.78, 5) is 13.7. The van der Waals surface area contributed by atoms with Gasteiger partial charge in [0.15, 0.2) is 5.72 Å². The third kappa shape index (κ3) is 1.99. The average Bonchev–Trinajstić information content (AvgIpc) is 2.85. The number of carboxylic acid groups (broad SMARTS) is 1. The van der Waals surface area contributed by atoms with Crippen LogP contribution >= 0.6 is 0 Å². The number of nitrogens with zero attached hydrogens (tertiary/aromatic N) is 1. The number of hydrogen-bond acceptors (Lipinski definition) is 4. The highest BCUT2D eigenvalue weighted by Crippen LogP contribution is 2.61. The molecule has 5 heteroatoms. The van der Waals surface area contributed by atoms with Gasteiger partial charge in [-0.15, -0.1) is 0 Å². The van der Waals surface area contributed by atoms with Crippen LogP contribution < -0.4 is 5.73 Å². The van der Waals surface area contributed by atoms with Crippen LogP contribution in [0.5, 0.6) is 0 Å². The van der Waals surface area contributed by atoms with Crippen molar-refractivity contribution in [3.05, 3.63) is 35.5 Å². The van der Waals surface area contributed by atoms with Gasteiger partial charge in [-0.3, -0.25) is 10.5 Å².